The fourth-order valence-corrected chi connectivity index (χ4v) is 0.933. The molecule has 0 aliphatic carbocycles. The number of hydrogen-bond acceptors (Lipinski definition) is 3. The normalized spacial score (nSPS) is 12.2. The Morgan fingerprint density at radius 2 is 1.85 bits per heavy atom. The Morgan fingerprint density at radius 1 is 1.38 bits per heavy atom. The van der Waals surface area contributed by atoms with Crippen molar-refractivity contribution in [2.75, 3.05) is 6.54 Å². The third kappa shape index (κ3) is 5.33. The van der Waals surface area contributed by atoms with Crippen LogP contribution in [-0.4, -0.2) is 22.1 Å². The zero-order valence-electron chi connectivity index (χ0n) is 9.07. The first kappa shape index (κ1) is 15.5. The van der Waals surface area contributed by atoms with E-state index in [0.717, 1.165) is 6.42 Å². The Hall–Kier alpha value is 0. The summed E-state index contributed by atoms with van der Waals surface area (Å²) in [6.45, 7) is 8.06. The molecule has 0 amide bonds. The molecule has 0 rings (SSSR count). The van der Waals surface area contributed by atoms with Crippen LogP contribution < -0.4 is 29.6 Å². The first-order valence-electron chi connectivity index (χ1n) is 4.01. The standard InChI is InChI=1S/C7H17N3O2.Na/c1-5-6-9(7(2,3)4)10(12)8-11;/h11H,5-6H2,1-4H3;/q;+1/p-1/b10-8-;. The van der Waals surface area contributed by atoms with Crippen molar-refractivity contribution in [1.29, 1.82) is 0 Å². The van der Waals surface area contributed by atoms with E-state index in [9.17, 15) is 10.4 Å². The van der Waals surface area contributed by atoms with Crippen molar-refractivity contribution in [3.63, 3.8) is 0 Å². The van der Waals surface area contributed by atoms with Crippen molar-refractivity contribution in [1.82, 2.24) is 5.01 Å². The van der Waals surface area contributed by atoms with E-state index in [2.05, 4.69) is 5.28 Å². The second kappa shape index (κ2) is 6.45. The minimum atomic E-state index is -0.355. The van der Waals surface area contributed by atoms with Gasteiger partial charge in [0.25, 0.3) is 0 Å². The van der Waals surface area contributed by atoms with Gasteiger partial charge >= 0.3 is 29.6 Å². The van der Waals surface area contributed by atoms with E-state index in [-0.39, 0.29) is 40.1 Å². The molecular formula is C7H16N3NaO2. The predicted molar refractivity (Wildman–Crippen MR) is 46.2 cm³/mol. The van der Waals surface area contributed by atoms with Crippen LogP contribution in [0.2, 0.25) is 0 Å². The summed E-state index contributed by atoms with van der Waals surface area (Å²) in [6.07, 6.45) is 0.811. The summed E-state index contributed by atoms with van der Waals surface area (Å²) in [4.78, 5) is 0.115. The van der Waals surface area contributed by atoms with Crippen LogP contribution in [0.5, 0.6) is 0 Å². The van der Waals surface area contributed by atoms with Crippen LogP contribution in [0.3, 0.4) is 0 Å². The zero-order valence-corrected chi connectivity index (χ0v) is 11.1. The van der Waals surface area contributed by atoms with E-state index >= 15 is 0 Å². The van der Waals surface area contributed by atoms with Gasteiger partial charge in [-0.05, 0) is 32.5 Å². The van der Waals surface area contributed by atoms with Gasteiger partial charge in [0, 0.05) is 4.97 Å². The molecule has 5 nitrogen and oxygen atoms in total. The van der Waals surface area contributed by atoms with Gasteiger partial charge < -0.3 is 10.4 Å². The Balaban J connectivity index is 0. The third-order valence-corrected chi connectivity index (χ3v) is 1.49. The summed E-state index contributed by atoms with van der Waals surface area (Å²) in [7, 11) is 0. The molecule has 72 valence electrons. The van der Waals surface area contributed by atoms with Gasteiger partial charge in [0.05, 0.1) is 12.1 Å². The Bertz CT molecular complexity index is 168. The summed E-state index contributed by atoms with van der Waals surface area (Å²) >= 11 is 0. The monoisotopic (exact) mass is 197 g/mol. The average Bonchev–Trinajstić information content (AvgIpc) is 1.96. The molecule has 0 radical (unpaired) electrons. The molecular weight excluding hydrogens is 181 g/mol. The van der Waals surface area contributed by atoms with Gasteiger partial charge in [0.15, 0.2) is 0 Å². The van der Waals surface area contributed by atoms with Crippen molar-refractivity contribution in [3.05, 3.63) is 10.4 Å². The molecule has 0 N–H and O–H groups in total. The Kier molecular flexibility index (Phi) is 7.68. The van der Waals surface area contributed by atoms with Crippen molar-refractivity contribution in [3.8, 4) is 0 Å². The van der Waals surface area contributed by atoms with Gasteiger partial charge in [0.2, 0.25) is 0 Å². The van der Waals surface area contributed by atoms with Crippen LogP contribution in [0.1, 0.15) is 34.1 Å². The van der Waals surface area contributed by atoms with Gasteiger partial charge in [-0.1, -0.05) is 6.92 Å². The average molecular weight is 197 g/mol. The predicted octanol–water partition coefficient (Wildman–Crippen LogP) is -1.12. The molecule has 0 aromatic heterocycles. The molecule has 0 saturated heterocycles. The van der Waals surface area contributed by atoms with E-state index in [1.165, 1.54) is 5.01 Å². The summed E-state index contributed by atoms with van der Waals surface area (Å²) < 4.78 is 0. The van der Waals surface area contributed by atoms with Crippen LogP contribution in [0.15, 0.2) is 5.28 Å². The molecule has 0 atom stereocenters. The van der Waals surface area contributed by atoms with Gasteiger partial charge in [-0.3, -0.25) is 0 Å². The Labute approximate surface area is 101 Å². The van der Waals surface area contributed by atoms with Crippen LogP contribution >= 0.6 is 0 Å². The molecule has 13 heavy (non-hydrogen) atoms. The van der Waals surface area contributed by atoms with E-state index in [4.69, 9.17) is 0 Å². The summed E-state index contributed by atoms with van der Waals surface area (Å²) in [6, 6.07) is 0. The SMILES string of the molecule is CCCN(/[N+]([O-])=N/[O-])C(C)(C)C.[Na+]. The van der Waals surface area contributed by atoms with Crippen molar-refractivity contribution < 1.29 is 34.5 Å². The zero-order chi connectivity index (χ0) is 9.78. The molecule has 0 spiro atoms. The topological polar surface area (TPSA) is 64.7 Å². The van der Waals surface area contributed by atoms with Gasteiger partial charge in [0.1, 0.15) is 0 Å². The van der Waals surface area contributed by atoms with Crippen LogP contribution in [-0.2, 0) is 0 Å². The second-order valence-electron chi connectivity index (χ2n) is 3.63. The molecule has 0 aliphatic heterocycles. The maximum absolute atomic E-state index is 10.9. The molecule has 0 bridgehead atoms. The summed E-state index contributed by atoms with van der Waals surface area (Å²) in [5.41, 5.74) is -0.355. The van der Waals surface area contributed by atoms with Crippen LogP contribution in [0.4, 0.5) is 0 Å². The van der Waals surface area contributed by atoms with Crippen LogP contribution in [0.25, 0.3) is 0 Å². The first-order chi connectivity index (χ1) is 5.43. The molecule has 0 unspecified atom stereocenters. The van der Waals surface area contributed by atoms with E-state index in [1.54, 1.807) is 0 Å². The molecule has 0 heterocycles. The molecule has 0 fully saturated rings. The summed E-state index contributed by atoms with van der Waals surface area (Å²) in [5.74, 6) is 0. The smallest absolute Gasteiger partial charge is 0.737 e. The molecule has 0 aliphatic rings. The fourth-order valence-electron chi connectivity index (χ4n) is 0.933. The first-order valence-corrected chi connectivity index (χ1v) is 4.01. The van der Waals surface area contributed by atoms with E-state index in [0.29, 0.717) is 6.54 Å². The molecule has 0 saturated carbocycles. The molecule has 0 aromatic carbocycles. The Morgan fingerprint density at radius 3 is 2.08 bits per heavy atom. The van der Waals surface area contributed by atoms with Gasteiger partial charge in [-0.25, -0.2) is 0 Å². The largest absolute Gasteiger partial charge is 1.00 e. The van der Waals surface area contributed by atoms with Crippen molar-refractivity contribution >= 4 is 0 Å². The second-order valence-corrected chi connectivity index (χ2v) is 3.63. The third-order valence-electron chi connectivity index (χ3n) is 1.49. The number of hydrogen-bond donors (Lipinski definition) is 0. The minimum Gasteiger partial charge on any atom is -0.737 e. The maximum Gasteiger partial charge on any atom is 1.00 e. The number of nitrogens with zero attached hydrogens (tertiary/aromatic N) is 3. The quantitative estimate of drug-likeness (QED) is 0.249. The molecule has 0 aromatic rings. The van der Waals surface area contributed by atoms with E-state index in [1.807, 2.05) is 27.7 Å². The fraction of sp³-hybridized carbons (Fsp3) is 1.00. The number of rotatable bonds is 3. The number of hydrazine groups is 1. The molecule has 6 heteroatoms. The van der Waals surface area contributed by atoms with Gasteiger partial charge in [-0.15, -0.1) is 5.01 Å². The maximum atomic E-state index is 10.9. The minimum absolute atomic E-state index is 0. The van der Waals surface area contributed by atoms with Gasteiger partial charge in [-0.2, -0.15) is 0 Å². The van der Waals surface area contributed by atoms with Crippen molar-refractivity contribution in [2.24, 2.45) is 5.28 Å². The van der Waals surface area contributed by atoms with Crippen molar-refractivity contribution in [2.45, 2.75) is 39.7 Å². The van der Waals surface area contributed by atoms with Crippen LogP contribution in [0, 0.1) is 10.4 Å². The van der Waals surface area contributed by atoms with E-state index < -0.39 is 0 Å². The summed E-state index contributed by atoms with van der Waals surface area (Å²) in [5, 5.41) is 24.6.